The van der Waals surface area contributed by atoms with Crippen molar-refractivity contribution >= 4 is 5.57 Å². The molecule has 0 heteroatoms. The second-order valence-electron chi connectivity index (χ2n) is 12.2. The van der Waals surface area contributed by atoms with E-state index < -0.39 is 0 Å². The van der Waals surface area contributed by atoms with Gasteiger partial charge in [-0.05, 0) is 122 Å². The van der Waals surface area contributed by atoms with Crippen molar-refractivity contribution in [3.05, 3.63) is 136 Å². The van der Waals surface area contributed by atoms with Gasteiger partial charge in [0.2, 0.25) is 0 Å². The summed E-state index contributed by atoms with van der Waals surface area (Å²) in [5, 5.41) is 0. The lowest BCUT2D eigenvalue weighted by Crippen LogP contribution is -2.28. The monoisotopic (exact) mass is 518 g/mol. The van der Waals surface area contributed by atoms with Crippen molar-refractivity contribution in [3.8, 4) is 0 Å². The normalized spacial score (nSPS) is 19.9. The van der Waals surface area contributed by atoms with Crippen molar-refractivity contribution in [2.24, 2.45) is 11.3 Å². The van der Waals surface area contributed by atoms with Gasteiger partial charge in [0, 0.05) is 0 Å². The Morgan fingerprint density at radius 3 is 2.46 bits per heavy atom. The molecule has 0 amide bonds. The fourth-order valence-corrected chi connectivity index (χ4v) is 6.00. The van der Waals surface area contributed by atoms with Crippen LogP contribution < -0.4 is 0 Å². The molecule has 2 aromatic carbocycles. The Morgan fingerprint density at radius 1 is 1.05 bits per heavy atom. The smallest absolute Gasteiger partial charge is 0.00196 e. The van der Waals surface area contributed by atoms with E-state index in [1.54, 1.807) is 0 Å². The Labute approximate surface area is 239 Å². The number of allylic oxidation sites excluding steroid dienone is 9. The first-order valence-electron chi connectivity index (χ1n) is 14.7. The summed E-state index contributed by atoms with van der Waals surface area (Å²) >= 11 is 0. The van der Waals surface area contributed by atoms with Crippen LogP contribution in [0.4, 0.5) is 0 Å². The van der Waals surface area contributed by atoms with Crippen LogP contribution in [0.5, 0.6) is 0 Å². The first-order chi connectivity index (χ1) is 18.5. The summed E-state index contributed by atoms with van der Waals surface area (Å²) in [5.41, 5.74) is 14.3. The maximum Gasteiger partial charge on any atom is -0.00196 e. The number of benzene rings is 2. The molecule has 0 fully saturated rings. The van der Waals surface area contributed by atoms with Crippen molar-refractivity contribution < 1.29 is 0 Å². The quantitative estimate of drug-likeness (QED) is 0.259. The zero-order chi connectivity index (χ0) is 28.7. The molecule has 1 aliphatic carbocycles. The highest BCUT2D eigenvalue weighted by molar-refractivity contribution is 5.77. The molecular weight excluding hydrogens is 468 g/mol. The van der Waals surface area contributed by atoms with E-state index in [4.69, 9.17) is 6.58 Å². The molecule has 206 valence electrons. The van der Waals surface area contributed by atoms with Gasteiger partial charge in [-0.25, -0.2) is 0 Å². The van der Waals surface area contributed by atoms with Crippen LogP contribution in [0, 0.1) is 32.1 Å². The van der Waals surface area contributed by atoms with Crippen molar-refractivity contribution in [1.82, 2.24) is 0 Å². The van der Waals surface area contributed by atoms with Gasteiger partial charge >= 0.3 is 0 Å². The molecule has 0 spiro atoms. The van der Waals surface area contributed by atoms with Gasteiger partial charge in [-0.15, -0.1) is 0 Å². The lowest BCUT2D eigenvalue weighted by molar-refractivity contribution is 0.286. The molecule has 1 aliphatic rings. The lowest BCUT2D eigenvalue weighted by Gasteiger charge is -2.39. The molecule has 0 saturated heterocycles. The summed E-state index contributed by atoms with van der Waals surface area (Å²) in [6.07, 6.45) is 15.7. The maximum absolute atomic E-state index is 4.71. The number of hydrogen-bond acceptors (Lipinski definition) is 0. The molecule has 0 bridgehead atoms. The fraction of sp³-hybridized carbons (Fsp3) is 0.385. The molecule has 0 saturated carbocycles. The van der Waals surface area contributed by atoms with Crippen LogP contribution in [-0.4, -0.2) is 0 Å². The Morgan fingerprint density at radius 2 is 1.79 bits per heavy atom. The minimum atomic E-state index is 0.159. The average Bonchev–Trinajstić information content (AvgIpc) is 2.89. The van der Waals surface area contributed by atoms with Crippen LogP contribution in [-0.2, 0) is 12.8 Å². The molecule has 0 radical (unpaired) electrons. The molecule has 2 atom stereocenters. The lowest BCUT2D eigenvalue weighted by atomic mass is 9.65. The molecule has 3 rings (SSSR count). The third-order valence-corrected chi connectivity index (χ3v) is 8.55. The summed E-state index contributed by atoms with van der Waals surface area (Å²) in [5.74, 6) is 0.422. The largest absolute Gasteiger partial charge is 0.0961 e. The minimum Gasteiger partial charge on any atom is -0.0961 e. The van der Waals surface area contributed by atoms with E-state index in [-0.39, 0.29) is 5.41 Å². The number of rotatable bonds is 11. The van der Waals surface area contributed by atoms with Gasteiger partial charge in [0.15, 0.2) is 0 Å². The van der Waals surface area contributed by atoms with Crippen molar-refractivity contribution in [1.29, 1.82) is 0 Å². The first kappa shape index (κ1) is 30.4. The number of aryl methyl sites for hydroxylation is 2. The molecule has 0 N–H and O–H groups in total. The standard InChI is InChI=1S/C39H50/c1-11-13-21-39(10)25-36(24-34-16-14-15-29(6)31(34)8)32(9)38(26-39)30(7)23-35-20-18-28(5)22-37(35)33(12-2)19-17-27(3)4/h12,14-20,22,26,36H,3,7,9,11,13,21,23-25H2,1-2,4-6,8,10H3/b19-17-,33-12+/t36?,39-/m0/s1. The zero-order valence-corrected chi connectivity index (χ0v) is 25.7. The third kappa shape index (κ3) is 7.72. The zero-order valence-electron chi connectivity index (χ0n) is 25.7. The van der Waals surface area contributed by atoms with Crippen LogP contribution in [0.15, 0.2) is 103 Å². The Hall–Kier alpha value is -3.12. The van der Waals surface area contributed by atoms with Crippen LogP contribution in [0.2, 0.25) is 0 Å². The number of hydrogen-bond donors (Lipinski definition) is 0. The Balaban J connectivity index is 1.98. The fourth-order valence-electron chi connectivity index (χ4n) is 6.00. The molecule has 0 aliphatic heterocycles. The third-order valence-electron chi connectivity index (χ3n) is 8.55. The molecular formula is C39H50. The van der Waals surface area contributed by atoms with Gasteiger partial charge in [0.05, 0.1) is 0 Å². The second-order valence-corrected chi connectivity index (χ2v) is 12.2. The van der Waals surface area contributed by atoms with Gasteiger partial charge in [-0.3, -0.25) is 0 Å². The van der Waals surface area contributed by atoms with E-state index in [1.807, 2.05) is 6.92 Å². The van der Waals surface area contributed by atoms with Gasteiger partial charge in [0.1, 0.15) is 0 Å². The van der Waals surface area contributed by atoms with E-state index in [9.17, 15) is 0 Å². The van der Waals surface area contributed by atoms with Crippen LogP contribution in [0.1, 0.15) is 86.8 Å². The molecule has 2 aromatic rings. The van der Waals surface area contributed by atoms with Crippen molar-refractivity contribution in [3.63, 3.8) is 0 Å². The predicted molar refractivity (Wildman–Crippen MR) is 174 cm³/mol. The van der Waals surface area contributed by atoms with Gasteiger partial charge in [0.25, 0.3) is 0 Å². The Bertz CT molecular complexity index is 1320. The summed E-state index contributed by atoms with van der Waals surface area (Å²) in [4.78, 5) is 0. The van der Waals surface area contributed by atoms with Gasteiger partial charge in [-0.1, -0.05) is 118 Å². The summed E-state index contributed by atoms with van der Waals surface area (Å²) in [6, 6.07) is 13.5. The van der Waals surface area contributed by atoms with Gasteiger partial charge < -0.3 is 0 Å². The number of unbranched alkanes of at least 4 members (excludes halogenated alkanes) is 1. The minimum absolute atomic E-state index is 0.159. The van der Waals surface area contributed by atoms with E-state index in [0.29, 0.717) is 5.92 Å². The predicted octanol–water partition coefficient (Wildman–Crippen LogP) is 11.2. The molecule has 0 aromatic heterocycles. The van der Waals surface area contributed by atoms with E-state index in [1.165, 1.54) is 74.9 Å². The second kappa shape index (κ2) is 13.3. The summed E-state index contributed by atoms with van der Waals surface area (Å²) < 4.78 is 0. The van der Waals surface area contributed by atoms with E-state index in [2.05, 4.69) is 115 Å². The Kier molecular flexibility index (Phi) is 10.4. The van der Waals surface area contributed by atoms with E-state index >= 15 is 0 Å². The van der Waals surface area contributed by atoms with E-state index in [0.717, 1.165) is 24.8 Å². The molecule has 0 nitrogen and oxygen atoms in total. The van der Waals surface area contributed by atoms with Crippen LogP contribution >= 0.6 is 0 Å². The molecule has 1 unspecified atom stereocenters. The SMILES string of the molecule is C=C(C)/C=C\C(=C/C)c1cc(C)ccc1CC(=C)C1=C[C@@](C)(CCCC)CC(Cc2cccc(C)c2C)C1=C. The highest BCUT2D eigenvalue weighted by Gasteiger charge is 2.34. The molecule has 0 heterocycles. The maximum atomic E-state index is 4.71. The summed E-state index contributed by atoms with van der Waals surface area (Å²) in [7, 11) is 0. The average molecular weight is 519 g/mol. The first-order valence-corrected chi connectivity index (χ1v) is 14.7. The topological polar surface area (TPSA) is 0 Å². The highest BCUT2D eigenvalue weighted by atomic mass is 14.4. The van der Waals surface area contributed by atoms with Gasteiger partial charge in [-0.2, -0.15) is 0 Å². The van der Waals surface area contributed by atoms with Crippen LogP contribution in [0.25, 0.3) is 5.57 Å². The van der Waals surface area contributed by atoms with Crippen molar-refractivity contribution in [2.45, 2.75) is 87.0 Å². The highest BCUT2D eigenvalue weighted by Crippen LogP contribution is 2.47. The van der Waals surface area contributed by atoms with Crippen molar-refractivity contribution in [2.75, 3.05) is 0 Å². The van der Waals surface area contributed by atoms with Crippen LogP contribution in [0.3, 0.4) is 0 Å². The summed E-state index contributed by atoms with van der Waals surface area (Å²) in [6.45, 7) is 29.0. The molecule has 39 heavy (non-hydrogen) atoms.